The molecule has 1 saturated heterocycles. The van der Waals surface area contributed by atoms with Crippen LogP contribution in [0.1, 0.15) is 49.8 Å². The lowest BCUT2D eigenvalue weighted by Crippen LogP contribution is -2.42. The molecule has 2 N–H and O–H groups in total. The second-order valence-corrected chi connectivity index (χ2v) is 5.43. The van der Waals surface area contributed by atoms with Crippen molar-refractivity contribution in [2.24, 2.45) is 0 Å². The Balaban J connectivity index is 1.86. The molecule has 0 aromatic heterocycles. The Morgan fingerprint density at radius 2 is 2.06 bits per heavy atom. The van der Waals surface area contributed by atoms with Gasteiger partial charge in [0.25, 0.3) is 0 Å². The highest BCUT2D eigenvalue weighted by Crippen LogP contribution is 2.17. The van der Waals surface area contributed by atoms with Crippen LogP contribution in [0.3, 0.4) is 0 Å². The van der Waals surface area contributed by atoms with Gasteiger partial charge in [0.2, 0.25) is 0 Å². The van der Waals surface area contributed by atoms with Gasteiger partial charge in [-0.05, 0) is 38.3 Å². The van der Waals surface area contributed by atoms with E-state index in [4.69, 9.17) is 0 Å². The van der Waals surface area contributed by atoms with Crippen molar-refractivity contribution in [2.75, 3.05) is 13.1 Å². The van der Waals surface area contributed by atoms with E-state index < -0.39 is 0 Å². The van der Waals surface area contributed by atoms with Crippen molar-refractivity contribution in [3.63, 3.8) is 0 Å². The Labute approximate surface area is 111 Å². The molecule has 100 valence electrons. The maximum absolute atomic E-state index is 3.71. The average Bonchev–Trinajstić information content (AvgIpc) is 2.42. The first kappa shape index (κ1) is 13.6. The minimum atomic E-state index is 0.495. The van der Waals surface area contributed by atoms with Crippen LogP contribution in [0.2, 0.25) is 0 Å². The maximum atomic E-state index is 3.71. The summed E-state index contributed by atoms with van der Waals surface area (Å²) in [5, 5.41) is 7.31. The van der Waals surface area contributed by atoms with Crippen LogP contribution in [0.25, 0.3) is 0 Å². The van der Waals surface area contributed by atoms with Gasteiger partial charge in [0, 0.05) is 18.6 Å². The monoisotopic (exact) mass is 246 g/mol. The molecule has 1 aromatic rings. The lowest BCUT2D eigenvalue weighted by Gasteiger charge is -2.26. The predicted octanol–water partition coefficient (Wildman–Crippen LogP) is 3.18. The van der Waals surface area contributed by atoms with E-state index in [-0.39, 0.29) is 0 Å². The fourth-order valence-corrected chi connectivity index (χ4v) is 2.68. The third-order valence-corrected chi connectivity index (χ3v) is 3.91. The van der Waals surface area contributed by atoms with Gasteiger partial charge in [-0.15, -0.1) is 0 Å². The molecule has 0 amide bonds. The van der Waals surface area contributed by atoms with Crippen molar-refractivity contribution in [2.45, 2.75) is 51.6 Å². The Bertz CT molecular complexity index is 339. The standard InChI is InChI=1S/C16H26N2/c1-3-16(14-9-7-13(2)8-10-14)18-12-15-6-4-5-11-17-15/h7-10,15-18H,3-6,11-12H2,1-2H3. The quantitative estimate of drug-likeness (QED) is 0.834. The molecule has 1 fully saturated rings. The second-order valence-electron chi connectivity index (χ2n) is 5.43. The SMILES string of the molecule is CCC(NCC1CCCCN1)c1ccc(C)cc1. The predicted molar refractivity (Wildman–Crippen MR) is 77.9 cm³/mol. The highest BCUT2D eigenvalue weighted by Gasteiger charge is 2.15. The molecule has 2 unspecified atom stereocenters. The van der Waals surface area contributed by atoms with Crippen molar-refractivity contribution in [3.05, 3.63) is 35.4 Å². The minimum Gasteiger partial charge on any atom is -0.313 e. The molecule has 2 rings (SSSR count). The van der Waals surface area contributed by atoms with Crippen molar-refractivity contribution in [1.29, 1.82) is 0 Å². The number of hydrogen-bond donors (Lipinski definition) is 2. The van der Waals surface area contributed by atoms with Gasteiger partial charge in [-0.25, -0.2) is 0 Å². The zero-order valence-corrected chi connectivity index (χ0v) is 11.7. The number of piperidine rings is 1. The second kappa shape index (κ2) is 6.91. The molecule has 1 aliphatic rings. The summed E-state index contributed by atoms with van der Waals surface area (Å²) >= 11 is 0. The summed E-state index contributed by atoms with van der Waals surface area (Å²) in [7, 11) is 0. The van der Waals surface area contributed by atoms with Crippen LogP contribution in [0.5, 0.6) is 0 Å². The maximum Gasteiger partial charge on any atom is 0.0318 e. The molecule has 2 heteroatoms. The van der Waals surface area contributed by atoms with E-state index in [9.17, 15) is 0 Å². The molecule has 0 spiro atoms. The Morgan fingerprint density at radius 1 is 1.28 bits per heavy atom. The van der Waals surface area contributed by atoms with E-state index in [0.717, 1.165) is 13.0 Å². The van der Waals surface area contributed by atoms with E-state index >= 15 is 0 Å². The first-order valence-electron chi connectivity index (χ1n) is 7.33. The molecule has 18 heavy (non-hydrogen) atoms. The third kappa shape index (κ3) is 3.82. The summed E-state index contributed by atoms with van der Waals surface area (Å²) in [4.78, 5) is 0. The minimum absolute atomic E-state index is 0.495. The smallest absolute Gasteiger partial charge is 0.0318 e. The molecule has 0 radical (unpaired) electrons. The summed E-state index contributed by atoms with van der Waals surface area (Å²) < 4.78 is 0. The highest BCUT2D eigenvalue weighted by molar-refractivity contribution is 5.24. The fraction of sp³-hybridized carbons (Fsp3) is 0.625. The van der Waals surface area contributed by atoms with E-state index in [1.54, 1.807) is 0 Å². The van der Waals surface area contributed by atoms with Crippen LogP contribution < -0.4 is 10.6 Å². The molecule has 0 aliphatic carbocycles. The molecule has 1 heterocycles. The summed E-state index contributed by atoms with van der Waals surface area (Å²) in [6, 6.07) is 10.1. The first-order chi connectivity index (χ1) is 8.79. The van der Waals surface area contributed by atoms with E-state index in [1.807, 2.05) is 0 Å². The van der Waals surface area contributed by atoms with Gasteiger partial charge in [0.15, 0.2) is 0 Å². The lowest BCUT2D eigenvalue weighted by molar-refractivity contribution is 0.364. The van der Waals surface area contributed by atoms with Crippen molar-refractivity contribution in [3.8, 4) is 0 Å². The average molecular weight is 246 g/mol. The summed E-state index contributed by atoms with van der Waals surface area (Å²) in [5.74, 6) is 0. The highest BCUT2D eigenvalue weighted by atomic mass is 15.0. The normalized spacial score (nSPS) is 21.8. The van der Waals surface area contributed by atoms with Crippen molar-refractivity contribution >= 4 is 0 Å². The summed E-state index contributed by atoms with van der Waals surface area (Å²) in [6.07, 6.45) is 5.18. The van der Waals surface area contributed by atoms with Gasteiger partial charge in [-0.1, -0.05) is 43.2 Å². The van der Waals surface area contributed by atoms with Gasteiger partial charge >= 0.3 is 0 Å². The molecule has 1 aromatic carbocycles. The Kier molecular flexibility index (Phi) is 5.21. The molecule has 1 aliphatic heterocycles. The third-order valence-electron chi connectivity index (χ3n) is 3.91. The van der Waals surface area contributed by atoms with Crippen LogP contribution in [0.15, 0.2) is 24.3 Å². The molecular weight excluding hydrogens is 220 g/mol. The molecule has 0 bridgehead atoms. The van der Waals surface area contributed by atoms with Crippen molar-refractivity contribution < 1.29 is 0 Å². The van der Waals surface area contributed by atoms with Gasteiger partial charge in [-0.2, -0.15) is 0 Å². The largest absolute Gasteiger partial charge is 0.313 e. The number of rotatable bonds is 5. The molecule has 2 nitrogen and oxygen atoms in total. The van der Waals surface area contributed by atoms with Crippen molar-refractivity contribution in [1.82, 2.24) is 10.6 Å². The Morgan fingerprint density at radius 3 is 2.67 bits per heavy atom. The Hall–Kier alpha value is -0.860. The number of nitrogens with one attached hydrogen (secondary N) is 2. The molecule has 2 atom stereocenters. The van der Waals surface area contributed by atoms with Crippen LogP contribution in [0.4, 0.5) is 0 Å². The van der Waals surface area contributed by atoms with Crippen LogP contribution in [-0.4, -0.2) is 19.1 Å². The summed E-state index contributed by atoms with van der Waals surface area (Å²) in [6.45, 7) is 6.68. The number of hydrogen-bond acceptors (Lipinski definition) is 2. The van der Waals surface area contributed by atoms with Crippen LogP contribution in [-0.2, 0) is 0 Å². The van der Waals surface area contributed by atoms with Crippen LogP contribution >= 0.6 is 0 Å². The molecular formula is C16H26N2. The van der Waals surface area contributed by atoms with E-state index in [0.29, 0.717) is 12.1 Å². The van der Waals surface area contributed by atoms with E-state index in [1.165, 1.54) is 36.9 Å². The zero-order valence-electron chi connectivity index (χ0n) is 11.7. The topological polar surface area (TPSA) is 24.1 Å². The van der Waals surface area contributed by atoms with E-state index in [2.05, 4.69) is 48.7 Å². The summed E-state index contributed by atoms with van der Waals surface area (Å²) in [5.41, 5.74) is 2.75. The first-order valence-corrected chi connectivity index (χ1v) is 7.33. The fourth-order valence-electron chi connectivity index (χ4n) is 2.68. The van der Waals surface area contributed by atoms with Gasteiger partial charge < -0.3 is 10.6 Å². The van der Waals surface area contributed by atoms with Crippen LogP contribution in [0, 0.1) is 6.92 Å². The molecule has 0 saturated carbocycles. The van der Waals surface area contributed by atoms with Gasteiger partial charge in [0.1, 0.15) is 0 Å². The zero-order chi connectivity index (χ0) is 12.8. The van der Waals surface area contributed by atoms with Gasteiger partial charge in [0.05, 0.1) is 0 Å². The van der Waals surface area contributed by atoms with Gasteiger partial charge in [-0.3, -0.25) is 0 Å². The lowest BCUT2D eigenvalue weighted by atomic mass is 10.0. The number of aryl methyl sites for hydroxylation is 1. The number of benzene rings is 1.